The quantitative estimate of drug-likeness (QED) is 0.365. The zero-order chi connectivity index (χ0) is 28.4. The number of hydrogen-bond donors (Lipinski definition) is 2. The van der Waals surface area contributed by atoms with Crippen molar-refractivity contribution in [1.82, 2.24) is 25.6 Å². The van der Waals surface area contributed by atoms with Gasteiger partial charge < -0.3 is 15.5 Å². The molecule has 1 saturated carbocycles. The van der Waals surface area contributed by atoms with Crippen LogP contribution in [0.4, 0.5) is 5.82 Å². The van der Waals surface area contributed by atoms with Crippen LogP contribution >= 0.6 is 0 Å². The Kier molecular flexibility index (Phi) is 7.82. The third-order valence-electron chi connectivity index (χ3n) is 7.21. The molecule has 0 radical (unpaired) electrons. The van der Waals surface area contributed by atoms with Crippen LogP contribution in [0.25, 0.3) is 22.3 Å². The van der Waals surface area contributed by atoms with Crippen molar-refractivity contribution in [2.75, 3.05) is 38.3 Å². The lowest BCUT2D eigenvalue weighted by Gasteiger charge is -2.19. The Labute approximate surface area is 236 Å². The molecule has 2 unspecified atom stereocenters. The maximum absolute atomic E-state index is 12.7. The average Bonchev–Trinajstić information content (AvgIpc) is 3.55. The zero-order valence-corrected chi connectivity index (χ0v) is 24.0. The fourth-order valence-electron chi connectivity index (χ4n) is 5.04. The van der Waals surface area contributed by atoms with E-state index >= 15 is 0 Å². The summed E-state index contributed by atoms with van der Waals surface area (Å²) >= 11 is 0. The summed E-state index contributed by atoms with van der Waals surface area (Å²) in [4.78, 5) is 29.4. The summed E-state index contributed by atoms with van der Waals surface area (Å²) in [5.74, 6) is 2.31. The van der Waals surface area contributed by atoms with Gasteiger partial charge in [0, 0.05) is 37.9 Å². The van der Waals surface area contributed by atoms with Crippen molar-refractivity contribution < 1.29 is 14.6 Å². The van der Waals surface area contributed by atoms with E-state index < -0.39 is 9.84 Å². The highest BCUT2D eigenvalue weighted by molar-refractivity contribution is 7.90. The van der Waals surface area contributed by atoms with E-state index in [1.54, 1.807) is 25.3 Å². The van der Waals surface area contributed by atoms with Crippen molar-refractivity contribution in [2.24, 2.45) is 11.8 Å². The normalized spacial score (nSPS) is 17.6. The predicted molar refractivity (Wildman–Crippen MR) is 159 cm³/mol. The average molecular weight is 561 g/mol. The Morgan fingerprint density at radius 3 is 2.48 bits per heavy atom. The molecule has 3 aromatic heterocycles. The maximum Gasteiger partial charge on any atom is 0.251 e. The first-order valence-electron chi connectivity index (χ1n) is 13.3. The third kappa shape index (κ3) is 6.13. The molecule has 0 bridgehead atoms. The monoisotopic (exact) mass is 560 g/mol. The SMILES string of the molecule is CNC.Cc1ccc(C(=O)NCc2cc3nc(-c4cccc(N5CC6CC6C5)n4)ccc3cn2)cc1S(C)(=O)=O.[HH]. The number of hydrogen-bond acceptors (Lipinski definition) is 8. The fraction of sp³-hybridized carbons (Fsp3) is 0.333. The van der Waals surface area contributed by atoms with E-state index in [0.717, 1.165) is 59.3 Å². The number of rotatable bonds is 6. The van der Waals surface area contributed by atoms with Gasteiger partial charge in [-0.3, -0.25) is 9.78 Å². The first kappa shape index (κ1) is 27.7. The molecular weight excluding hydrogens is 524 g/mol. The Hall–Kier alpha value is -3.89. The second-order valence-electron chi connectivity index (χ2n) is 10.5. The highest BCUT2D eigenvalue weighted by Crippen LogP contribution is 2.46. The molecule has 2 atom stereocenters. The lowest BCUT2D eigenvalue weighted by molar-refractivity contribution is 0.0950. The lowest BCUT2D eigenvalue weighted by atomic mass is 10.1. The molecule has 2 N–H and O–H groups in total. The second-order valence-corrected chi connectivity index (χ2v) is 12.5. The second kappa shape index (κ2) is 11.3. The smallest absolute Gasteiger partial charge is 0.251 e. The molecular formula is C30H36N6O3S. The van der Waals surface area contributed by atoms with Gasteiger partial charge >= 0.3 is 0 Å². The highest BCUT2D eigenvalue weighted by atomic mass is 32.2. The van der Waals surface area contributed by atoms with Crippen LogP contribution in [0.2, 0.25) is 0 Å². The van der Waals surface area contributed by atoms with Crippen LogP contribution in [0.15, 0.2) is 65.7 Å². The van der Waals surface area contributed by atoms with Crippen molar-refractivity contribution in [2.45, 2.75) is 24.8 Å². The van der Waals surface area contributed by atoms with E-state index in [9.17, 15) is 13.2 Å². The van der Waals surface area contributed by atoms with Gasteiger partial charge in [-0.1, -0.05) is 12.1 Å². The standard InChI is InChI=1S/C28H27N5O3S.C2H7N.H2/c1-17-6-7-18(11-26(17)37(2,35)36)28(34)30-14-22-12-25-19(13-29-22)8-9-24(31-25)23-4-3-5-27(32-23)33-15-20-10-21(20)16-33;1-3-2;/h3-9,11-13,20-21H,10,14-16H2,1-2H3,(H,30,34);3H,1-2H3;1H. The van der Waals surface area contributed by atoms with E-state index in [0.29, 0.717) is 11.3 Å². The molecule has 1 aliphatic carbocycles. The van der Waals surface area contributed by atoms with E-state index in [4.69, 9.17) is 9.97 Å². The molecule has 2 fully saturated rings. The van der Waals surface area contributed by atoms with Crippen molar-refractivity contribution in [3.63, 3.8) is 0 Å². The number of anilines is 1. The molecule has 4 aromatic rings. The number of nitrogens with zero attached hydrogens (tertiary/aromatic N) is 4. The molecule has 0 spiro atoms. The molecule has 1 saturated heterocycles. The van der Waals surface area contributed by atoms with E-state index in [1.807, 2.05) is 44.4 Å². The molecule has 1 aliphatic heterocycles. The van der Waals surface area contributed by atoms with Crippen LogP contribution in [-0.4, -0.2) is 62.7 Å². The largest absolute Gasteiger partial charge is 0.356 e. The van der Waals surface area contributed by atoms with Gasteiger partial charge in [-0.2, -0.15) is 0 Å². The number of amides is 1. The Morgan fingerprint density at radius 1 is 1.02 bits per heavy atom. The number of pyridine rings is 3. The summed E-state index contributed by atoms with van der Waals surface area (Å²) in [5, 5.41) is 6.47. The van der Waals surface area contributed by atoms with Crippen molar-refractivity contribution in [3.05, 3.63) is 77.6 Å². The minimum atomic E-state index is -3.42. The Balaban J connectivity index is 0.000000929. The van der Waals surface area contributed by atoms with Crippen LogP contribution in [0.1, 0.15) is 29.5 Å². The summed E-state index contributed by atoms with van der Waals surface area (Å²) in [6.07, 6.45) is 4.23. The molecule has 210 valence electrons. The number of aromatic nitrogens is 3. The van der Waals surface area contributed by atoms with Crippen molar-refractivity contribution in [3.8, 4) is 11.4 Å². The maximum atomic E-state index is 12.7. The van der Waals surface area contributed by atoms with E-state index in [1.165, 1.54) is 12.5 Å². The van der Waals surface area contributed by atoms with Gasteiger partial charge in [-0.15, -0.1) is 0 Å². The first-order chi connectivity index (χ1) is 19.2. The van der Waals surface area contributed by atoms with Gasteiger partial charge in [0.2, 0.25) is 0 Å². The van der Waals surface area contributed by atoms with Gasteiger partial charge in [0.1, 0.15) is 5.82 Å². The van der Waals surface area contributed by atoms with Gasteiger partial charge in [-0.25, -0.2) is 18.4 Å². The number of carbonyl (C=O) groups excluding carboxylic acids is 1. The van der Waals surface area contributed by atoms with Gasteiger partial charge in [0.25, 0.3) is 5.91 Å². The third-order valence-corrected chi connectivity index (χ3v) is 8.45. The van der Waals surface area contributed by atoms with E-state index in [2.05, 4.69) is 26.6 Å². The first-order valence-corrected chi connectivity index (χ1v) is 15.2. The topological polar surface area (TPSA) is 117 Å². The summed E-state index contributed by atoms with van der Waals surface area (Å²) < 4.78 is 24.0. The van der Waals surface area contributed by atoms with Crippen LogP contribution in [-0.2, 0) is 16.4 Å². The van der Waals surface area contributed by atoms with E-state index in [-0.39, 0.29) is 24.3 Å². The Morgan fingerprint density at radius 2 is 1.75 bits per heavy atom. The van der Waals surface area contributed by atoms with Gasteiger partial charge in [0.05, 0.1) is 34.0 Å². The number of aryl methyl sites for hydroxylation is 1. The fourth-order valence-corrected chi connectivity index (χ4v) is 6.03. The number of piperidine rings is 1. The Bertz CT molecular complexity index is 1670. The molecule has 9 nitrogen and oxygen atoms in total. The summed E-state index contributed by atoms with van der Waals surface area (Å²) in [6.45, 7) is 4.07. The number of nitrogens with one attached hydrogen (secondary N) is 2. The van der Waals surface area contributed by atoms with Crippen LogP contribution in [0, 0.1) is 18.8 Å². The lowest BCUT2D eigenvalue weighted by Crippen LogP contribution is -2.23. The molecule has 1 aromatic carbocycles. The van der Waals surface area contributed by atoms with Crippen molar-refractivity contribution >= 4 is 32.5 Å². The number of benzene rings is 1. The molecule has 2 aliphatic rings. The molecule has 10 heteroatoms. The minimum Gasteiger partial charge on any atom is -0.356 e. The molecule has 40 heavy (non-hydrogen) atoms. The summed E-state index contributed by atoms with van der Waals surface area (Å²) in [5.41, 5.74) is 3.92. The molecule has 4 heterocycles. The molecule has 6 rings (SSSR count). The molecule has 1 amide bonds. The van der Waals surface area contributed by atoms with Crippen LogP contribution in [0.5, 0.6) is 0 Å². The summed E-state index contributed by atoms with van der Waals surface area (Å²) in [7, 11) is 0.325. The number of fused-ring (bicyclic) bond motifs is 2. The number of sulfone groups is 1. The highest BCUT2D eigenvalue weighted by Gasteiger charge is 2.45. The zero-order valence-electron chi connectivity index (χ0n) is 23.2. The van der Waals surface area contributed by atoms with Crippen LogP contribution < -0.4 is 15.5 Å². The predicted octanol–water partition coefficient (Wildman–Crippen LogP) is 3.87. The van der Waals surface area contributed by atoms with Crippen LogP contribution in [0.3, 0.4) is 0 Å². The minimum absolute atomic E-state index is 0. The number of carbonyl (C=O) groups is 1. The van der Waals surface area contributed by atoms with Crippen molar-refractivity contribution in [1.29, 1.82) is 0 Å². The van der Waals surface area contributed by atoms with Gasteiger partial charge in [0.15, 0.2) is 9.84 Å². The summed E-state index contributed by atoms with van der Waals surface area (Å²) in [6, 6.07) is 16.5. The van der Waals surface area contributed by atoms with Gasteiger partial charge in [-0.05, 0) is 87.3 Å².